The van der Waals surface area contributed by atoms with Gasteiger partial charge in [0.15, 0.2) is 0 Å². The highest BCUT2D eigenvalue weighted by atomic mass is 19.1. The number of benzene rings is 2. The van der Waals surface area contributed by atoms with Gasteiger partial charge in [-0.15, -0.1) is 0 Å². The molecule has 0 bridgehead atoms. The number of halogens is 1. The number of hydrogen-bond acceptors (Lipinski definition) is 3. The van der Waals surface area contributed by atoms with Crippen molar-refractivity contribution in [3.63, 3.8) is 0 Å². The average Bonchev–Trinajstić information content (AvgIpc) is 2.95. The number of hydrazine groups is 1. The fourth-order valence-electron chi connectivity index (χ4n) is 5.08. The minimum absolute atomic E-state index is 0.0792. The first kappa shape index (κ1) is 19.1. The third-order valence-electron chi connectivity index (χ3n) is 6.60. The van der Waals surface area contributed by atoms with Crippen LogP contribution in [0.3, 0.4) is 0 Å². The summed E-state index contributed by atoms with van der Waals surface area (Å²) in [6, 6.07) is 15.2. The van der Waals surface area contributed by atoms with E-state index >= 15 is 0 Å². The smallest absolute Gasteiger partial charge is 0.121 e. The van der Waals surface area contributed by atoms with Gasteiger partial charge in [-0.05, 0) is 65.3 Å². The van der Waals surface area contributed by atoms with Crippen LogP contribution in [0.5, 0.6) is 5.75 Å². The standard InChI is InChI=1S/C26H27FN2O/c1-30-23-11-10-20-9-8-19-5-2-3-7-24(19)26(25(20)17-23)21-12-15-28(16-13-21)29-14-4-6-22(27)18-29/h2-11,14,17,21,26H,12-13,15-16,18H2,1H3. The Morgan fingerprint density at radius 2 is 1.73 bits per heavy atom. The zero-order valence-corrected chi connectivity index (χ0v) is 17.3. The van der Waals surface area contributed by atoms with Gasteiger partial charge in [-0.3, -0.25) is 0 Å². The molecule has 1 aliphatic carbocycles. The van der Waals surface area contributed by atoms with Crippen LogP contribution in [0.25, 0.3) is 12.2 Å². The lowest BCUT2D eigenvalue weighted by atomic mass is 9.74. The lowest BCUT2D eigenvalue weighted by Crippen LogP contribution is -2.46. The molecule has 3 nitrogen and oxygen atoms in total. The maximum atomic E-state index is 13.7. The van der Waals surface area contributed by atoms with Gasteiger partial charge in [-0.1, -0.05) is 42.5 Å². The SMILES string of the molecule is COc1ccc2c(c1)C(C1CCN(N3C=CC=C(F)C3)CC1)c1ccccc1C=C2. The molecule has 154 valence electrons. The Bertz CT molecular complexity index is 1020. The first-order valence-corrected chi connectivity index (χ1v) is 10.7. The minimum atomic E-state index is -0.0792. The number of piperidine rings is 1. The Morgan fingerprint density at radius 3 is 2.50 bits per heavy atom. The van der Waals surface area contributed by atoms with Crippen LogP contribution in [-0.4, -0.2) is 36.8 Å². The molecule has 1 saturated heterocycles. The third kappa shape index (κ3) is 3.56. The van der Waals surface area contributed by atoms with Crippen LogP contribution in [0.4, 0.5) is 4.39 Å². The Morgan fingerprint density at radius 1 is 0.967 bits per heavy atom. The summed E-state index contributed by atoms with van der Waals surface area (Å²) >= 11 is 0. The lowest BCUT2D eigenvalue weighted by molar-refractivity contribution is -0.00879. The molecule has 0 saturated carbocycles. The number of ether oxygens (including phenoxy) is 1. The molecule has 2 aromatic rings. The van der Waals surface area contributed by atoms with Gasteiger partial charge < -0.3 is 9.75 Å². The first-order valence-electron chi connectivity index (χ1n) is 10.7. The van der Waals surface area contributed by atoms with Crippen LogP contribution in [0.1, 0.15) is 41.0 Å². The maximum absolute atomic E-state index is 13.7. The Kier molecular flexibility index (Phi) is 5.17. The van der Waals surface area contributed by atoms with Gasteiger partial charge in [0.2, 0.25) is 0 Å². The van der Waals surface area contributed by atoms with Crippen LogP contribution in [0, 0.1) is 5.92 Å². The van der Waals surface area contributed by atoms with Gasteiger partial charge in [0.25, 0.3) is 0 Å². The van der Waals surface area contributed by atoms with E-state index in [1.54, 1.807) is 19.3 Å². The normalized spacial score (nSPS) is 21.6. The van der Waals surface area contributed by atoms with Crippen LogP contribution in [-0.2, 0) is 0 Å². The van der Waals surface area contributed by atoms with Crippen molar-refractivity contribution in [2.75, 3.05) is 26.7 Å². The number of rotatable bonds is 3. The summed E-state index contributed by atoms with van der Waals surface area (Å²) in [4.78, 5) is 0. The monoisotopic (exact) mass is 402 g/mol. The van der Waals surface area contributed by atoms with Gasteiger partial charge >= 0.3 is 0 Å². The van der Waals surface area contributed by atoms with Crippen LogP contribution in [0.15, 0.2) is 66.6 Å². The van der Waals surface area contributed by atoms with Crippen molar-refractivity contribution in [1.82, 2.24) is 10.0 Å². The van der Waals surface area contributed by atoms with Crippen LogP contribution in [0.2, 0.25) is 0 Å². The Labute approximate surface area is 177 Å². The predicted molar refractivity (Wildman–Crippen MR) is 120 cm³/mol. The summed E-state index contributed by atoms with van der Waals surface area (Å²) in [6.07, 6.45) is 11.9. The predicted octanol–water partition coefficient (Wildman–Crippen LogP) is 5.62. The highest BCUT2D eigenvalue weighted by Gasteiger charge is 2.33. The molecule has 3 aliphatic rings. The van der Waals surface area contributed by atoms with Crippen molar-refractivity contribution in [2.45, 2.75) is 18.8 Å². The van der Waals surface area contributed by atoms with Crippen molar-refractivity contribution < 1.29 is 9.13 Å². The van der Waals surface area contributed by atoms with Gasteiger partial charge in [0, 0.05) is 25.2 Å². The van der Waals surface area contributed by atoms with Gasteiger partial charge in [0.1, 0.15) is 11.6 Å². The summed E-state index contributed by atoms with van der Waals surface area (Å²) in [7, 11) is 1.73. The molecule has 0 radical (unpaired) electrons. The fraction of sp³-hybridized carbons (Fsp3) is 0.308. The molecule has 0 spiro atoms. The molecule has 5 rings (SSSR count). The van der Waals surface area contributed by atoms with Crippen molar-refractivity contribution in [3.05, 3.63) is 88.9 Å². The number of allylic oxidation sites excluding steroid dienone is 2. The Balaban J connectivity index is 1.45. The van der Waals surface area contributed by atoms with Crippen molar-refractivity contribution >= 4 is 12.2 Å². The molecule has 2 aromatic carbocycles. The number of hydrogen-bond donors (Lipinski definition) is 0. The van der Waals surface area contributed by atoms with E-state index in [-0.39, 0.29) is 5.83 Å². The van der Waals surface area contributed by atoms with Crippen molar-refractivity contribution in [1.29, 1.82) is 0 Å². The van der Waals surface area contributed by atoms with E-state index in [1.165, 1.54) is 22.3 Å². The van der Waals surface area contributed by atoms with E-state index in [9.17, 15) is 4.39 Å². The summed E-state index contributed by atoms with van der Waals surface area (Å²) < 4.78 is 19.3. The highest BCUT2D eigenvalue weighted by Crippen LogP contribution is 2.44. The first-order chi connectivity index (χ1) is 14.7. The van der Waals surface area contributed by atoms with E-state index in [0.29, 0.717) is 18.4 Å². The lowest BCUT2D eigenvalue weighted by Gasteiger charge is -2.42. The molecular weight excluding hydrogens is 375 g/mol. The molecule has 30 heavy (non-hydrogen) atoms. The molecule has 1 atom stereocenters. The molecule has 2 heterocycles. The van der Waals surface area contributed by atoms with Gasteiger partial charge in [0.05, 0.1) is 13.7 Å². The van der Waals surface area contributed by atoms with Crippen LogP contribution < -0.4 is 4.74 Å². The van der Waals surface area contributed by atoms with E-state index in [4.69, 9.17) is 4.74 Å². The number of nitrogens with zero attached hydrogens (tertiary/aromatic N) is 2. The molecule has 2 aliphatic heterocycles. The van der Waals surface area contributed by atoms with Crippen LogP contribution >= 0.6 is 0 Å². The fourth-order valence-corrected chi connectivity index (χ4v) is 5.08. The zero-order chi connectivity index (χ0) is 20.5. The molecule has 1 unspecified atom stereocenters. The highest BCUT2D eigenvalue weighted by molar-refractivity contribution is 5.77. The van der Waals surface area contributed by atoms with E-state index in [2.05, 4.69) is 53.6 Å². The summed E-state index contributed by atoms with van der Waals surface area (Å²) in [5, 5.41) is 4.30. The molecule has 1 fully saturated rings. The third-order valence-corrected chi connectivity index (χ3v) is 6.60. The maximum Gasteiger partial charge on any atom is 0.121 e. The van der Waals surface area contributed by atoms with Gasteiger partial charge in [-0.25, -0.2) is 9.40 Å². The quantitative estimate of drug-likeness (QED) is 0.663. The second kappa shape index (κ2) is 8.11. The molecule has 4 heteroatoms. The average molecular weight is 403 g/mol. The van der Waals surface area contributed by atoms with Crippen molar-refractivity contribution in [3.8, 4) is 5.75 Å². The molecule has 0 amide bonds. The summed E-state index contributed by atoms with van der Waals surface area (Å²) in [5.41, 5.74) is 5.31. The topological polar surface area (TPSA) is 15.7 Å². The second-order valence-electron chi connectivity index (χ2n) is 8.28. The van der Waals surface area contributed by atoms with E-state index in [1.807, 2.05) is 17.3 Å². The summed E-state index contributed by atoms with van der Waals surface area (Å²) in [5.74, 6) is 1.69. The molecule has 0 aromatic heterocycles. The minimum Gasteiger partial charge on any atom is -0.497 e. The van der Waals surface area contributed by atoms with E-state index in [0.717, 1.165) is 31.7 Å². The van der Waals surface area contributed by atoms with Gasteiger partial charge in [-0.2, -0.15) is 0 Å². The Hall–Kier alpha value is -2.85. The van der Waals surface area contributed by atoms with E-state index < -0.39 is 0 Å². The van der Waals surface area contributed by atoms with Crippen molar-refractivity contribution in [2.24, 2.45) is 5.92 Å². The molecule has 0 N–H and O–H groups in total. The zero-order valence-electron chi connectivity index (χ0n) is 17.3. The summed E-state index contributed by atoms with van der Waals surface area (Å²) in [6.45, 7) is 2.22. The largest absolute Gasteiger partial charge is 0.497 e. The number of fused-ring (bicyclic) bond motifs is 2. The second-order valence-corrected chi connectivity index (χ2v) is 8.28. The molecular formula is C26H27FN2O. The number of methoxy groups -OCH3 is 1.